The van der Waals surface area contributed by atoms with Crippen LogP contribution >= 0.6 is 0 Å². The minimum atomic E-state index is -0.433. The first kappa shape index (κ1) is 20.2. The SMILES string of the molecule is COc1cccc(CCn2c(NC(=O)Nc3ccccc3)c3ccccc3nc2=O)c1. The molecule has 0 bridgehead atoms. The lowest BCUT2D eigenvalue weighted by Gasteiger charge is -2.16. The van der Waals surface area contributed by atoms with Gasteiger partial charge in [-0.25, -0.2) is 9.59 Å². The molecule has 7 nitrogen and oxygen atoms in total. The van der Waals surface area contributed by atoms with Gasteiger partial charge in [-0.3, -0.25) is 9.88 Å². The second kappa shape index (κ2) is 9.13. The predicted octanol–water partition coefficient (Wildman–Crippen LogP) is 4.29. The molecule has 4 rings (SSSR count). The highest BCUT2D eigenvalue weighted by Gasteiger charge is 2.14. The third-order valence-electron chi connectivity index (χ3n) is 4.90. The van der Waals surface area contributed by atoms with Gasteiger partial charge in [0.15, 0.2) is 0 Å². The Morgan fingerprint density at radius 1 is 0.968 bits per heavy atom. The highest BCUT2D eigenvalue weighted by atomic mass is 16.5. The second-order valence-corrected chi connectivity index (χ2v) is 6.96. The Hall–Kier alpha value is -4.13. The molecule has 4 aromatic rings. The molecule has 0 aliphatic carbocycles. The molecule has 0 fully saturated rings. The van der Waals surface area contributed by atoms with Crippen LogP contribution in [0.4, 0.5) is 16.3 Å². The molecular weight excluding hydrogens is 392 g/mol. The maximum atomic E-state index is 12.8. The summed E-state index contributed by atoms with van der Waals surface area (Å²) in [4.78, 5) is 29.7. The molecule has 0 aliphatic rings. The molecule has 2 amide bonds. The number of fused-ring (bicyclic) bond motifs is 1. The van der Waals surface area contributed by atoms with Crippen LogP contribution in [0.15, 0.2) is 83.7 Å². The van der Waals surface area contributed by atoms with Crippen molar-refractivity contribution in [2.45, 2.75) is 13.0 Å². The normalized spacial score (nSPS) is 10.6. The van der Waals surface area contributed by atoms with Crippen LogP contribution in [0.1, 0.15) is 5.56 Å². The standard InChI is InChI=1S/C24H22N4O3/c1-31-19-11-7-8-17(16-19)14-15-28-22(20-12-5-6-13-21(20)26-24(28)30)27-23(29)25-18-9-3-2-4-10-18/h2-13,16H,14-15H2,1H3,(H2,25,27,29). The molecule has 156 valence electrons. The van der Waals surface area contributed by atoms with Gasteiger partial charge in [0.25, 0.3) is 0 Å². The number of aromatic nitrogens is 2. The van der Waals surface area contributed by atoms with Gasteiger partial charge in [-0.15, -0.1) is 0 Å². The van der Waals surface area contributed by atoms with Crippen LogP contribution < -0.4 is 21.1 Å². The van der Waals surface area contributed by atoms with E-state index in [1.165, 1.54) is 4.57 Å². The lowest BCUT2D eigenvalue weighted by atomic mass is 10.1. The number of hydrogen-bond acceptors (Lipinski definition) is 4. The number of para-hydroxylation sites is 2. The van der Waals surface area contributed by atoms with Crippen molar-refractivity contribution in [3.63, 3.8) is 0 Å². The summed E-state index contributed by atoms with van der Waals surface area (Å²) in [7, 11) is 1.62. The third-order valence-corrected chi connectivity index (χ3v) is 4.90. The third kappa shape index (κ3) is 4.72. The van der Waals surface area contributed by atoms with Gasteiger partial charge in [0, 0.05) is 17.6 Å². The lowest BCUT2D eigenvalue weighted by molar-refractivity contribution is 0.262. The van der Waals surface area contributed by atoms with Crippen LogP contribution in [0.3, 0.4) is 0 Å². The molecule has 0 spiro atoms. The number of carbonyl (C=O) groups is 1. The van der Waals surface area contributed by atoms with Crippen molar-refractivity contribution in [3.8, 4) is 5.75 Å². The average Bonchev–Trinajstić information content (AvgIpc) is 2.79. The Balaban J connectivity index is 1.66. The zero-order valence-electron chi connectivity index (χ0n) is 17.0. The molecular formula is C24H22N4O3. The first-order chi connectivity index (χ1) is 15.1. The molecule has 0 aliphatic heterocycles. The van der Waals surface area contributed by atoms with Crippen molar-refractivity contribution in [3.05, 3.63) is 94.9 Å². The van der Waals surface area contributed by atoms with E-state index in [9.17, 15) is 9.59 Å². The van der Waals surface area contributed by atoms with Gasteiger partial charge in [-0.2, -0.15) is 4.98 Å². The molecule has 1 heterocycles. The number of methoxy groups -OCH3 is 1. The van der Waals surface area contributed by atoms with Gasteiger partial charge < -0.3 is 10.1 Å². The maximum absolute atomic E-state index is 12.8. The number of rotatable bonds is 6. The molecule has 0 atom stereocenters. The van der Waals surface area contributed by atoms with Crippen molar-refractivity contribution in [1.82, 2.24) is 9.55 Å². The maximum Gasteiger partial charge on any atom is 0.349 e. The lowest BCUT2D eigenvalue weighted by Crippen LogP contribution is -2.30. The van der Waals surface area contributed by atoms with E-state index in [1.807, 2.05) is 60.7 Å². The van der Waals surface area contributed by atoms with Crippen LogP contribution in [0, 0.1) is 0 Å². The van der Waals surface area contributed by atoms with E-state index in [1.54, 1.807) is 25.3 Å². The number of aryl methyl sites for hydroxylation is 1. The van der Waals surface area contributed by atoms with Crippen LogP contribution in [0.25, 0.3) is 10.9 Å². The van der Waals surface area contributed by atoms with Crippen LogP contribution in [-0.2, 0) is 13.0 Å². The minimum absolute atomic E-state index is 0.352. The van der Waals surface area contributed by atoms with E-state index in [0.29, 0.717) is 35.4 Å². The van der Waals surface area contributed by atoms with E-state index < -0.39 is 11.7 Å². The first-order valence-corrected chi connectivity index (χ1v) is 9.89. The summed E-state index contributed by atoms with van der Waals surface area (Å²) in [6.45, 7) is 0.352. The summed E-state index contributed by atoms with van der Waals surface area (Å²) in [6.07, 6.45) is 0.576. The molecule has 31 heavy (non-hydrogen) atoms. The summed E-state index contributed by atoms with van der Waals surface area (Å²) in [5, 5.41) is 6.33. The van der Waals surface area contributed by atoms with Crippen LogP contribution in [0.2, 0.25) is 0 Å². The quantitative estimate of drug-likeness (QED) is 0.493. The largest absolute Gasteiger partial charge is 0.497 e. The number of amides is 2. The number of hydrogen-bond donors (Lipinski definition) is 2. The zero-order chi connectivity index (χ0) is 21.6. The van der Waals surface area contributed by atoms with Gasteiger partial charge in [-0.05, 0) is 48.4 Å². The first-order valence-electron chi connectivity index (χ1n) is 9.89. The van der Waals surface area contributed by atoms with Crippen molar-refractivity contribution in [1.29, 1.82) is 0 Å². The predicted molar refractivity (Wildman–Crippen MR) is 122 cm³/mol. The number of ether oxygens (including phenoxy) is 1. The molecule has 0 radical (unpaired) electrons. The Kier molecular flexibility index (Phi) is 5.93. The van der Waals surface area contributed by atoms with E-state index >= 15 is 0 Å². The summed E-state index contributed by atoms with van der Waals surface area (Å²) in [6, 6.07) is 23.6. The summed E-state index contributed by atoms with van der Waals surface area (Å²) in [5.74, 6) is 1.16. The number of anilines is 2. The molecule has 0 saturated heterocycles. The van der Waals surface area contributed by atoms with E-state index in [4.69, 9.17) is 4.74 Å². The molecule has 0 saturated carbocycles. The van der Waals surface area contributed by atoms with Gasteiger partial charge in [0.1, 0.15) is 11.6 Å². The molecule has 7 heteroatoms. The minimum Gasteiger partial charge on any atom is -0.497 e. The van der Waals surface area contributed by atoms with Gasteiger partial charge in [0.05, 0.1) is 12.6 Å². The summed E-state index contributed by atoms with van der Waals surface area (Å²) >= 11 is 0. The number of nitrogens with one attached hydrogen (secondary N) is 2. The van der Waals surface area contributed by atoms with Crippen molar-refractivity contribution >= 4 is 28.4 Å². The van der Waals surface area contributed by atoms with Crippen molar-refractivity contribution in [2.75, 3.05) is 17.7 Å². The highest BCUT2D eigenvalue weighted by molar-refractivity contribution is 6.04. The van der Waals surface area contributed by atoms with Crippen LogP contribution in [-0.4, -0.2) is 22.7 Å². The van der Waals surface area contributed by atoms with Gasteiger partial charge in [-0.1, -0.05) is 42.5 Å². The number of carbonyl (C=O) groups excluding carboxylic acids is 1. The smallest absolute Gasteiger partial charge is 0.349 e. The summed E-state index contributed by atoms with van der Waals surface area (Å²) in [5.41, 5.74) is 1.78. The monoisotopic (exact) mass is 414 g/mol. The van der Waals surface area contributed by atoms with E-state index in [-0.39, 0.29) is 0 Å². The fraction of sp³-hybridized carbons (Fsp3) is 0.125. The fourth-order valence-electron chi connectivity index (χ4n) is 3.38. The molecule has 3 aromatic carbocycles. The molecule has 2 N–H and O–H groups in total. The van der Waals surface area contributed by atoms with E-state index in [2.05, 4.69) is 15.6 Å². The van der Waals surface area contributed by atoms with Gasteiger partial charge >= 0.3 is 11.7 Å². The van der Waals surface area contributed by atoms with Crippen molar-refractivity contribution < 1.29 is 9.53 Å². The number of nitrogens with zero attached hydrogens (tertiary/aromatic N) is 2. The Bertz CT molecular complexity index is 1270. The Labute approximate surface area is 179 Å². The number of benzene rings is 3. The number of urea groups is 1. The zero-order valence-corrected chi connectivity index (χ0v) is 17.0. The summed E-state index contributed by atoms with van der Waals surface area (Å²) < 4.78 is 6.77. The average molecular weight is 414 g/mol. The Morgan fingerprint density at radius 2 is 1.74 bits per heavy atom. The van der Waals surface area contributed by atoms with Crippen LogP contribution in [0.5, 0.6) is 5.75 Å². The van der Waals surface area contributed by atoms with Crippen molar-refractivity contribution in [2.24, 2.45) is 0 Å². The second-order valence-electron chi connectivity index (χ2n) is 6.96. The van der Waals surface area contributed by atoms with Gasteiger partial charge in [0.2, 0.25) is 0 Å². The highest BCUT2D eigenvalue weighted by Crippen LogP contribution is 2.21. The molecule has 1 aromatic heterocycles. The fourth-order valence-corrected chi connectivity index (χ4v) is 3.38. The molecule has 0 unspecified atom stereocenters. The van der Waals surface area contributed by atoms with E-state index in [0.717, 1.165) is 11.3 Å². The topological polar surface area (TPSA) is 85.2 Å². The Morgan fingerprint density at radius 3 is 2.55 bits per heavy atom.